The molecule has 0 heterocycles. The molecule has 19 heavy (non-hydrogen) atoms. The highest BCUT2D eigenvalue weighted by atomic mass is 28.4. The summed E-state index contributed by atoms with van der Waals surface area (Å²) in [4.78, 5) is 0. The molecule has 0 amide bonds. The molecule has 0 N–H and O–H groups in total. The molecular weight excluding hydrogens is 256 g/mol. The number of rotatable bonds is 9. The lowest BCUT2D eigenvalue weighted by molar-refractivity contribution is 0.0501. The fraction of sp³-hybridized carbons (Fsp3) is 1.00. The van der Waals surface area contributed by atoms with Gasteiger partial charge in [0, 0.05) is 25.4 Å². The minimum Gasteiger partial charge on any atom is -0.374 e. The highest BCUT2D eigenvalue weighted by Gasteiger charge is 2.56. The van der Waals surface area contributed by atoms with Gasteiger partial charge in [-0.2, -0.15) is 0 Å². The summed E-state index contributed by atoms with van der Waals surface area (Å²) in [7, 11) is -2.53. The van der Waals surface area contributed by atoms with Crippen LogP contribution in [-0.2, 0) is 13.3 Å². The highest BCUT2D eigenvalue weighted by Crippen LogP contribution is 2.51. The van der Waals surface area contributed by atoms with Gasteiger partial charge in [-0.15, -0.1) is 0 Å². The molecule has 1 aliphatic carbocycles. The van der Waals surface area contributed by atoms with Crippen molar-refractivity contribution in [2.45, 2.75) is 65.8 Å². The van der Waals surface area contributed by atoms with Crippen LogP contribution in [0.5, 0.6) is 0 Å². The third kappa shape index (κ3) is 3.81. The summed E-state index contributed by atoms with van der Waals surface area (Å²) < 4.78 is 18.5. The first kappa shape index (κ1) is 17.1. The molecule has 1 saturated carbocycles. The molecule has 0 radical (unpaired) electrons. The molecule has 0 aromatic carbocycles. The molecule has 0 aromatic heterocycles. The molecule has 0 spiro atoms. The Morgan fingerprint density at radius 3 is 1.37 bits per heavy atom. The van der Waals surface area contributed by atoms with Crippen molar-refractivity contribution in [1.82, 2.24) is 0 Å². The van der Waals surface area contributed by atoms with Gasteiger partial charge in [-0.1, -0.05) is 26.7 Å². The van der Waals surface area contributed by atoms with Crippen molar-refractivity contribution in [3.05, 3.63) is 0 Å². The number of hydrogen-bond acceptors (Lipinski definition) is 3. The third-order valence-corrected chi connectivity index (χ3v) is 8.25. The molecule has 114 valence electrons. The van der Waals surface area contributed by atoms with Gasteiger partial charge in [-0.05, 0) is 45.4 Å². The van der Waals surface area contributed by atoms with Crippen LogP contribution in [0.2, 0.25) is 5.54 Å². The maximum atomic E-state index is 6.15. The smallest absolute Gasteiger partial charge is 0.374 e. The molecule has 0 saturated heterocycles. The van der Waals surface area contributed by atoms with E-state index in [9.17, 15) is 0 Å². The minimum absolute atomic E-state index is 0.502. The largest absolute Gasteiger partial charge is 0.504 e. The Balaban J connectivity index is 3.02. The van der Waals surface area contributed by atoms with Crippen molar-refractivity contribution in [1.29, 1.82) is 0 Å². The molecule has 1 fully saturated rings. The Morgan fingerprint density at radius 2 is 1.11 bits per heavy atom. The van der Waals surface area contributed by atoms with Gasteiger partial charge in [0.15, 0.2) is 0 Å². The second-order valence-corrected chi connectivity index (χ2v) is 8.08. The predicted octanol–water partition coefficient (Wildman–Crippen LogP) is 4.25. The molecule has 1 rings (SSSR count). The molecule has 0 aromatic rings. The lowest BCUT2D eigenvalue weighted by Gasteiger charge is -2.38. The quantitative estimate of drug-likeness (QED) is 0.594. The topological polar surface area (TPSA) is 27.7 Å². The van der Waals surface area contributed by atoms with Gasteiger partial charge in [-0.3, -0.25) is 0 Å². The SMILES string of the molecule is CCO[Si](OCC)(OCC)C1C(CC)CCC1CC. The summed E-state index contributed by atoms with van der Waals surface area (Å²) in [6.45, 7) is 12.8. The van der Waals surface area contributed by atoms with Crippen LogP contribution in [0.3, 0.4) is 0 Å². The first-order valence-corrected chi connectivity index (χ1v) is 9.90. The van der Waals surface area contributed by atoms with Crippen molar-refractivity contribution in [3.63, 3.8) is 0 Å². The molecule has 4 heteroatoms. The van der Waals surface area contributed by atoms with Crippen LogP contribution in [0, 0.1) is 11.8 Å². The van der Waals surface area contributed by atoms with E-state index in [1.165, 1.54) is 25.7 Å². The van der Waals surface area contributed by atoms with Crippen LogP contribution in [-0.4, -0.2) is 28.6 Å². The lowest BCUT2D eigenvalue weighted by Crippen LogP contribution is -2.53. The van der Waals surface area contributed by atoms with E-state index >= 15 is 0 Å². The fourth-order valence-electron chi connectivity index (χ4n) is 3.68. The van der Waals surface area contributed by atoms with Crippen LogP contribution >= 0.6 is 0 Å². The Labute approximate surface area is 120 Å². The fourth-order valence-corrected chi connectivity index (χ4v) is 7.68. The van der Waals surface area contributed by atoms with Gasteiger partial charge >= 0.3 is 8.80 Å². The van der Waals surface area contributed by atoms with Crippen molar-refractivity contribution in [3.8, 4) is 0 Å². The van der Waals surface area contributed by atoms with Gasteiger partial charge in [0.2, 0.25) is 0 Å². The summed E-state index contributed by atoms with van der Waals surface area (Å²) in [5, 5.41) is 0. The second kappa shape index (κ2) is 8.40. The molecular formula is C15H32O3Si. The van der Waals surface area contributed by atoms with Crippen LogP contribution in [0.4, 0.5) is 0 Å². The van der Waals surface area contributed by atoms with Gasteiger partial charge in [0.1, 0.15) is 0 Å². The van der Waals surface area contributed by atoms with Gasteiger partial charge in [0.05, 0.1) is 0 Å². The molecule has 0 aliphatic heterocycles. The summed E-state index contributed by atoms with van der Waals surface area (Å²) in [6.07, 6.45) is 5.04. The van der Waals surface area contributed by atoms with Crippen molar-refractivity contribution in [2.75, 3.05) is 19.8 Å². The molecule has 0 bridgehead atoms. The van der Waals surface area contributed by atoms with E-state index in [4.69, 9.17) is 13.3 Å². The summed E-state index contributed by atoms with van der Waals surface area (Å²) in [6, 6.07) is 0. The Bertz CT molecular complexity index is 219. The Morgan fingerprint density at radius 1 is 0.737 bits per heavy atom. The minimum atomic E-state index is -2.53. The summed E-state index contributed by atoms with van der Waals surface area (Å²) >= 11 is 0. The molecule has 2 unspecified atom stereocenters. The lowest BCUT2D eigenvalue weighted by atomic mass is 10.00. The first-order chi connectivity index (χ1) is 9.18. The van der Waals surface area contributed by atoms with Crippen LogP contribution in [0.1, 0.15) is 60.3 Å². The third-order valence-electron chi connectivity index (χ3n) is 4.42. The van der Waals surface area contributed by atoms with E-state index in [-0.39, 0.29) is 0 Å². The molecule has 2 atom stereocenters. The van der Waals surface area contributed by atoms with Crippen molar-refractivity contribution in [2.24, 2.45) is 11.8 Å². The number of hydrogen-bond donors (Lipinski definition) is 0. The average Bonchev–Trinajstić information content (AvgIpc) is 2.83. The zero-order chi connectivity index (χ0) is 14.3. The maximum absolute atomic E-state index is 6.15. The first-order valence-electron chi connectivity index (χ1n) is 8.10. The predicted molar refractivity (Wildman–Crippen MR) is 81.2 cm³/mol. The van der Waals surface area contributed by atoms with E-state index in [0.29, 0.717) is 37.2 Å². The standard InChI is InChI=1S/C15H32O3Si/c1-6-13-11-12-14(7-2)15(13)19(16-8-3,17-9-4)18-10-5/h13-15H,6-12H2,1-5H3. The van der Waals surface area contributed by atoms with E-state index in [1.807, 2.05) is 0 Å². The highest BCUT2D eigenvalue weighted by molar-refractivity contribution is 6.62. The van der Waals surface area contributed by atoms with E-state index in [2.05, 4.69) is 34.6 Å². The van der Waals surface area contributed by atoms with Crippen LogP contribution in [0.25, 0.3) is 0 Å². The maximum Gasteiger partial charge on any atom is 0.504 e. The average molecular weight is 289 g/mol. The summed E-state index contributed by atoms with van der Waals surface area (Å²) in [5.74, 6) is 1.42. The van der Waals surface area contributed by atoms with E-state index in [1.54, 1.807) is 0 Å². The van der Waals surface area contributed by atoms with E-state index < -0.39 is 8.80 Å². The zero-order valence-electron chi connectivity index (χ0n) is 13.4. The van der Waals surface area contributed by atoms with Crippen LogP contribution in [0.15, 0.2) is 0 Å². The zero-order valence-corrected chi connectivity index (χ0v) is 14.4. The van der Waals surface area contributed by atoms with Crippen molar-refractivity contribution >= 4 is 8.80 Å². The van der Waals surface area contributed by atoms with Gasteiger partial charge in [-0.25, -0.2) is 0 Å². The Hall–Kier alpha value is 0.0969. The van der Waals surface area contributed by atoms with Gasteiger partial charge < -0.3 is 13.3 Å². The Kier molecular flexibility index (Phi) is 7.58. The normalized spacial score (nSPS) is 27.9. The summed E-state index contributed by atoms with van der Waals surface area (Å²) in [5.41, 5.74) is 0.502. The van der Waals surface area contributed by atoms with E-state index in [0.717, 1.165) is 0 Å². The van der Waals surface area contributed by atoms with Crippen molar-refractivity contribution < 1.29 is 13.3 Å². The van der Waals surface area contributed by atoms with Crippen LogP contribution < -0.4 is 0 Å². The monoisotopic (exact) mass is 288 g/mol. The molecule has 3 nitrogen and oxygen atoms in total. The molecule has 1 aliphatic rings. The second-order valence-electron chi connectivity index (χ2n) is 5.34. The van der Waals surface area contributed by atoms with Gasteiger partial charge in [0.25, 0.3) is 0 Å².